The number of rotatable bonds is 58. The highest BCUT2D eigenvalue weighted by Gasteiger charge is 2.23. The van der Waals surface area contributed by atoms with Crippen molar-refractivity contribution in [2.45, 2.75) is 349 Å². The van der Waals surface area contributed by atoms with Crippen molar-refractivity contribution in [3.05, 3.63) is 17.7 Å². The second-order valence-corrected chi connectivity index (χ2v) is 22.4. The molecule has 71 heavy (non-hydrogen) atoms. The minimum Gasteiger partial charge on any atom is -0.490 e. The zero-order valence-electron chi connectivity index (χ0n) is 48.5. The molecule has 0 saturated heterocycles. The summed E-state index contributed by atoms with van der Waals surface area (Å²) >= 11 is 0. The van der Waals surface area contributed by atoms with E-state index in [4.69, 9.17) is 14.2 Å². The van der Waals surface area contributed by atoms with Gasteiger partial charge < -0.3 is 14.2 Å². The maximum atomic E-state index is 12.6. The first-order valence-electron chi connectivity index (χ1n) is 32.0. The lowest BCUT2D eigenvalue weighted by Gasteiger charge is -2.20. The molecule has 1 rings (SSSR count). The van der Waals surface area contributed by atoms with Gasteiger partial charge in [-0.3, -0.25) is 9.59 Å². The van der Waals surface area contributed by atoms with Crippen molar-refractivity contribution < 1.29 is 23.8 Å². The molecule has 0 aromatic heterocycles. The van der Waals surface area contributed by atoms with Crippen LogP contribution in [0.3, 0.4) is 0 Å². The van der Waals surface area contributed by atoms with Crippen LogP contribution in [0.2, 0.25) is 0 Å². The summed E-state index contributed by atoms with van der Waals surface area (Å²) in [5, 5.41) is 0. The van der Waals surface area contributed by atoms with E-state index in [0.717, 1.165) is 37.7 Å². The molecule has 0 aliphatic carbocycles. The third kappa shape index (κ3) is 43.0. The van der Waals surface area contributed by atoms with Gasteiger partial charge in [0.25, 0.3) is 0 Å². The molecular formula is C66H122O5. The molecule has 0 spiro atoms. The minimum absolute atomic E-state index is 0.0902. The Hall–Kier alpha value is -2.04. The summed E-state index contributed by atoms with van der Waals surface area (Å²) < 4.78 is 19.8. The van der Waals surface area contributed by atoms with Gasteiger partial charge in [-0.25, -0.2) is 0 Å². The van der Waals surface area contributed by atoms with Gasteiger partial charge in [0, 0.05) is 0 Å². The molecule has 0 radical (unpaired) electrons. The van der Waals surface area contributed by atoms with E-state index in [2.05, 4.69) is 20.8 Å². The van der Waals surface area contributed by atoms with Gasteiger partial charge in [-0.1, -0.05) is 310 Å². The number of hydrogen-bond donors (Lipinski definition) is 0. The Morgan fingerprint density at radius 2 is 0.507 bits per heavy atom. The first-order valence-corrected chi connectivity index (χ1v) is 32.0. The smallest absolute Gasteiger partial charge is 0.203 e. The molecule has 0 saturated carbocycles. The molecule has 1 aromatic carbocycles. The van der Waals surface area contributed by atoms with Crippen molar-refractivity contribution in [1.29, 1.82) is 0 Å². The molecule has 0 N–H and O–H groups in total. The molecule has 1 aromatic rings. The quantitative estimate of drug-likeness (QED) is 0.0481. The van der Waals surface area contributed by atoms with Crippen LogP contribution < -0.4 is 14.2 Å². The Bertz CT molecular complexity index is 1220. The summed E-state index contributed by atoms with van der Waals surface area (Å²) in [5.41, 5.74) is 0.902. The third-order valence-corrected chi connectivity index (χ3v) is 15.3. The van der Waals surface area contributed by atoms with Crippen molar-refractivity contribution in [2.24, 2.45) is 5.92 Å². The molecule has 0 amide bonds. The van der Waals surface area contributed by atoms with Gasteiger partial charge in [-0.15, -0.1) is 0 Å². The van der Waals surface area contributed by atoms with Gasteiger partial charge in [-0.05, 0) is 57.2 Å². The Morgan fingerprint density at radius 1 is 0.310 bits per heavy atom. The normalized spacial score (nSPS) is 11.5. The molecule has 0 aliphatic heterocycles. The SMILES string of the molecule is CCCCCCCCCCCCCCCCCCOc1cc(CC(C(C)=O)C(C)=O)cc(OCCCCCCCCCCCCCCCCCC)c1OCCCCCCCCCCCCCCCCCC. The number of ether oxygens (including phenoxy) is 3. The monoisotopic (exact) mass is 995 g/mol. The van der Waals surface area contributed by atoms with E-state index in [1.807, 2.05) is 12.1 Å². The summed E-state index contributed by atoms with van der Waals surface area (Å²) in [6.07, 6.45) is 64.8. The van der Waals surface area contributed by atoms with E-state index in [0.29, 0.717) is 43.5 Å². The second-order valence-electron chi connectivity index (χ2n) is 22.4. The van der Waals surface area contributed by atoms with Crippen molar-refractivity contribution in [2.75, 3.05) is 19.8 Å². The molecular weight excluding hydrogens is 873 g/mol. The fourth-order valence-corrected chi connectivity index (χ4v) is 10.4. The second kappa shape index (κ2) is 52.8. The Morgan fingerprint density at radius 3 is 0.718 bits per heavy atom. The number of unbranched alkanes of at least 4 members (excludes halogenated alkanes) is 45. The predicted octanol–water partition coefficient (Wildman–Crippen LogP) is 21.9. The zero-order chi connectivity index (χ0) is 51.3. The fourth-order valence-electron chi connectivity index (χ4n) is 10.4. The topological polar surface area (TPSA) is 61.8 Å². The van der Waals surface area contributed by atoms with Gasteiger partial charge in [0.05, 0.1) is 25.7 Å². The molecule has 0 bridgehead atoms. The highest BCUT2D eigenvalue weighted by Crippen LogP contribution is 2.40. The molecule has 0 aliphatic rings. The lowest BCUT2D eigenvalue weighted by Crippen LogP contribution is -2.22. The summed E-state index contributed by atoms with van der Waals surface area (Å²) in [7, 11) is 0. The third-order valence-electron chi connectivity index (χ3n) is 15.3. The fraction of sp³-hybridized carbons (Fsp3) is 0.879. The summed E-state index contributed by atoms with van der Waals surface area (Å²) in [6, 6.07) is 4.05. The van der Waals surface area contributed by atoms with E-state index in [1.165, 1.54) is 290 Å². The van der Waals surface area contributed by atoms with Crippen LogP contribution in [0.5, 0.6) is 17.2 Å². The van der Waals surface area contributed by atoms with Gasteiger partial charge in [0.2, 0.25) is 5.75 Å². The van der Waals surface area contributed by atoms with E-state index < -0.39 is 5.92 Å². The van der Waals surface area contributed by atoms with Crippen LogP contribution in [-0.2, 0) is 16.0 Å². The molecule has 0 unspecified atom stereocenters. The number of carbonyl (C=O) groups excluding carboxylic acids is 2. The van der Waals surface area contributed by atoms with Crippen molar-refractivity contribution >= 4 is 11.6 Å². The summed E-state index contributed by atoms with van der Waals surface area (Å²) in [5.74, 6) is 1.26. The summed E-state index contributed by atoms with van der Waals surface area (Å²) in [6.45, 7) is 11.8. The van der Waals surface area contributed by atoms with Crippen molar-refractivity contribution in [1.82, 2.24) is 0 Å². The van der Waals surface area contributed by atoms with E-state index in [9.17, 15) is 9.59 Å². The van der Waals surface area contributed by atoms with Crippen LogP contribution in [0.25, 0.3) is 0 Å². The van der Waals surface area contributed by atoms with E-state index in [-0.39, 0.29) is 11.6 Å². The molecule has 416 valence electrons. The highest BCUT2D eigenvalue weighted by atomic mass is 16.5. The standard InChI is InChI=1S/C66H122O5/c1-6-9-12-15-18-21-24-27-30-33-36-39-42-45-48-51-54-69-64-58-62(57-63(60(4)67)61(5)68)59-65(70-55-52-49-46-43-40-37-34-31-28-25-22-19-16-13-10-7-2)66(64)71-56-53-50-47-44-41-38-35-32-29-26-23-20-17-14-11-8-3/h58-59,63H,6-57H2,1-5H3. The maximum Gasteiger partial charge on any atom is 0.203 e. The molecule has 0 atom stereocenters. The van der Waals surface area contributed by atoms with Crippen LogP contribution >= 0.6 is 0 Å². The Balaban J connectivity index is 2.69. The number of ketones is 2. The van der Waals surface area contributed by atoms with Crippen LogP contribution in [-0.4, -0.2) is 31.4 Å². The van der Waals surface area contributed by atoms with Gasteiger partial charge in [0.15, 0.2) is 11.5 Å². The molecule has 5 nitrogen and oxygen atoms in total. The first kappa shape index (κ1) is 67.0. The van der Waals surface area contributed by atoms with Crippen LogP contribution in [0.1, 0.15) is 348 Å². The number of hydrogen-bond acceptors (Lipinski definition) is 5. The van der Waals surface area contributed by atoms with Crippen LogP contribution in [0, 0.1) is 5.92 Å². The van der Waals surface area contributed by atoms with E-state index in [1.54, 1.807) is 0 Å². The average molecular weight is 996 g/mol. The van der Waals surface area contributed by atoms with Crippen LogP contribution in [0.4, 0.5) is 0 Å². The number of carbonyl (C=O) groups is 2. The average Bonchev–Trinajstić information content (AvgIpc) is 3.36. The van der Waals surface area contributed by atoms with Gasteiger partial charge in [-0.2, -0.15) is 0 Å². The van der Waals surface area contributed by atoms with E-state index >= 15 is 0 Å². The summed E-state index contributed by atoms with van der Waals surface area (Å²) in [4.78, 5) is 25.2. The Kier molecular flexibility index (Phi) is 49.8. The zero-order valence-corrected chi connectivity index (χ0v) is 48.5. The lowest BCUT2D eigenvalue weighted by atomic mass is 9.92. The van der Waals surface area contributed by atoms with Crippen LogP contribution in [0.15, 0.2) is 12.1 Å². The minimum atomic E-state index is -0.659. The maximum absolute atomic E-state index is 12.6. The Labute approximate surface area is 443 Å². The largest absolute Gasteiger partial charge is 0.490 e. The lowest BCUT2D eigenvalue weighted by molar-refractivity contribution is -0.130. The molecule has 0 fully saturated rings. The van der Waals surface area contributed by atoms with Crippen molar-refractivity contribution in [3.63, 3.8) is 0 Å². The highest BCUT2D eigenvalue weighted by molar-refractivity contribution is 6.00. The molecule has 0 heterocycles. The first-order chi connectivity index (χ1) is 34.9. The van der Waals surface area contributed by atoms with Gasteiger partial charge in [0.1, 0.15) is 11.6 Å². The van der Waals surface area contributed by atoms with Crippen molar-refractivity contribution in [3.8, 4) is 17.2 Å². The number of benzene rings is 1. The molecule has 5 heteroatoms. The number of Topliss-reactive ketones (excluding diaryl/α,β-unsaturated/α-hetero) is 2. The predicted molar refractivity (Wildman–Crippen MR) is 310 cm³/mol. The van der Waals surface area contributed by atoms with Gasteiger partial charge >= 0.3 is 0 Å².